The molecule has 1 saturated heterocycles. The van der Waals surface area contributed by atoms with Crippen molar-refractivity contribution in [2.24, 2.45) is 0 Å². The summed E-state index contributed by atoms with van der Waals surface area (Å²) in [4.78, 5) is 43.8. The van der Waals surface area contributed by atoms with E-state index in [2.05, 4.69) is 17.6 Å². The molecule has 2 aliphatic heterocycles. The highest BCUT2D eigenvalue weighted by atomic mass is 32.2. The molecule has 0 aromatic heterocycles. The summed E-state index contributed by atoms with van der Waals surface area (Å²) >= 11 is 1.49. The highest BCUT2D eigenvalue weighted by molar-refractivity contribution is 7.99. The first-order valence-electron chi connectivity index (χ1n) is 11.5. The molecule has 2 aromatic carbocycles. The number of anilines is 2. The molecule has 1 unspecified atom stereocenters. The third-order valence-electron chi connectivity index (χ3n) is 6.18. The fourth-order valence-electron chi connectivity index (χ4n) is 4.34. The molecule has 0 aliphatic carbocycles. The predicted molar refractivity (Wildman–Crippen MR) is 133 cm³/mol. The molecule has 0 radical (unpaired) electrons. The summed E-state index contributed by atoms with van der Waals surface area (Å²) in [7, 11) is 1.55. The maximum atomic E-state index is 13.6. The average Bonchev–Trinajstić information content (AvgIpc) is 2.96. The van der Waals surface area contributed by atoms with Gasteiger partial charge in [0.2, 0.25) is 5.91 Å². The molecule has 0 bridgehead atoms. The quantitative estimate of drug-likeness (QED) is 0.678. The minimum atomic E-state index is -0.783. The minimum absolute atomic E-state index is 0.0452. The zero-order chi connectivity index (χ0) is 24.1. The Hall–Kier alpha value is -3.20. The number of likely N-dealkylation sites (tertiary alicyclic amines) is 1. The van der Waals surface area contributed by atoms with Crippen molar-refractivity contribution in [2.75, 3.05) is 36.2 Å². The number of rotatable bonds is 5. The van der Waals surface area contributed by atoms with Crippen LogP contribution >= 0.6 is 11.8 Å². The highest BCUT2D eigenvalue weighted by Crippen LogP contribution is 2.34. The lowest BCUT2D eigenvalue weighted by Gasteiger charge is -2.35. The largest absolute Gasteiger partial charge is 0.497 e. The zero-order valence-electron chi connectivity index (χ0n) is 19.5. The van der Waals surface area contributed by atoms with Gasteiger partial charge >= 0.3 is 6.03 Å². The third-order valence-corrected chi connectivity index (χ3v) is 7.33. The molecule has 2 aromatic rings. The molecule has 2 atom stereocenters. The number of ether oxygens (including phenoxy) is 1. The van der Waals surface area contributed by atoms with Crippen molar-refractivity contribution in [3.63, 3.8) is 0 Å². The van der Waals surface area contributed by atoms with Crippen molar-refractivity contribution >= 4 is 41.0 Å². The Labute approximate surface area is 204 Å². The molecule has 4 amide bonds. The van der Waals surface area contributed by atoms with Crippen LogP contribution in [0.4, 0.5) is 16.2 Å². The van der Waals surface area contributed by atoms with Crippen molar-refractivity contribution < 1.29 is 19.1 Å². The number of piperidine rings is 1. The first-order chi connectivity index (χ1) is 16.5. The van der Waals surface area contributed by atoms with E-state index in [1.165, 1.54) is 16.7 Å². The number of hydrogen-bond donors (Lipinski definition) is 2. The summed E-state index contributed by atoms with van der Waals surface area (Å²) in [5.74, 6) is 0.621. The summed E-state index contributed by atoms with van der Waals surface area (Å²) < 4.78 is 5.19. The molecule has 34 heavy (non-hydrogen) atoms. The van der Waals surface area contributed by atoms with Gasteiger partial charge in [-0.3, -0.25) is 9.59 Å². The third kappa shape index (κ3) is 5.47. The Morgan fingerprint density at radius 3 is 2.76 bits per heavy atom. The Kier molecular flexibility index (Phi) is 7.62. The number of thioether (sulfide) groups is 1. The Bertz CT molecular complexity index is 1060. The number of para-hydroxylation sites is 1. The van der Waals surface area contributed by atoms with Crippen LogP contribution in [0.1, 0.15) is 26.2 Å². The second-order valence-corrected chi connectivity index (χ2v) is 9.58. The van der Waals surface area contributed by atoms with Crippen molar-refractivity contribution in [2.45, 2.75) is 43.2 Å². The van der Waals surface area contributed by atoms with E-state index in [0.717, 1.165) is 24.2 Å². The standard InChI is InChI=1S/C25H30N4O4S/c1-17-8-5-6-13-28(17)23(30)15-29-21-11-3-4-12-22(21)34-16-20(24(29)31)27-25(32)26-18-9-7-10-19(14-18)33-2/h3-4,7,9-12,14,17,20H,5-6,8,13,15-16H2,1-2H3,(H2,26,27,32)/t17-,20?/m0/s1. The number of fused-ring (bicyclic) bond motifs is 1. The van der Waals surface area contributed by atoms with Crippen LogP contribution in [0.25, 0.3) is 0 Å². The van der Waals surface area contributed by atoms with E-state index in [1.54, 1.807) is 31.4 Å². The van der Waals surface area contributed by atoms with Gasteiger partial charge in [-0.25, -0.2) is 4.79 Å². The highest BCUT2D eigenvalue weighted by Gasteiger charge is 2.34. The Balaban J connectivity index is 1.50. The molecule has 4 rings (SSSR count). The average molecular weight is 483 g/mol. The Morgan fingerprint density at radius 2 is 1.97 bits per heavy atom. The van der Waals surface area contributed by atoms with Crippen LogP contribution in [-0.4, -0.2) is 60.8 Å². The van der Waals surface area contributed by atoms with Crippen LogP contribution in [0.5, 0.6) is 5.75 Å². The second-order valence-electron chi connectivity index (χ2n) is 8.52. The summed E-state index contributed by atoms with van der Waals surface area (Å²) in [6.45, 7) is 2.72. The molecular formula is C25H30N4O4S. The lowest BCUT2D eigenvalue weighted by molar-refractivity contribution is -0.134. The van der Waals surface area contributed by atoms with Gasteiger partial charge in [-0.05, 0) is 50.5 Å². The summed E-state index contributed by atoms with van der Waals surface area (Å²) in [6, 6.07) is 13.4. The van der Waals surface area contributed by atoms with Gasteiger partial charge in [-0.2, -0.15) is 0 Å². The maximum absolute atomic E-state index is 13.6. The molecule has 9 heteroatoms. The van der Waals surface area contributed by atoms with Crippen LogP contribution in [-0.2, 0) is 9.59 Å². The fourth-order valence-corrected chi connectivity index (χ4v) is 5.41. The summed E-state index contributed by atoms with van der Waals surface area (Å²) in [5, 5.41) is 5.55. The van der Waals surface area contributed by atoms with Gasteiger partial charge in [-0.1, -0.05) is 18.2 Å². The SMILES string of the molecule is COc1cccc(NC(=O)NC2CSc3ccccc3N(CC(=O)N3CCCC[C@@H]3C)C2=O)c1. The normalized spacial score (nSPS) is 20.2. The van der Waals surface area contributed by atoms with Gasteiger partial charge in [0.05, 0.1) is 12.8 Å². The number of hydrogen-bond acceptors (Lipinski definition) is 5. The lowest BCUT2D eigenvalue weighted by Crippen LogP contribution is -2.54. The lowest BCUT2D eigenvalue weighted by atomic mass is 10.0. The molecule has 2 N–H and O–H groups in total. The molecule has 0 spiro atoms. The van der Waals surface area contributed by atoms with Crippen LogP contribution in [0.2, 0.25) is 0 Å². The van der Waals surface area contributed by atoms with Crippen molar-refractivity contribution in [3.8, 4) is 5.75 Å². The summed E-state index contributed by atoms with van der Waals surface area (Å²) in [6.07, 6.45) is 3.06. The number of methoxy groups -OCH3 is 1. The molecule has 8 nitrogen and oxygen atoms in total. The van der Waals surface area contributed by atoms with Crippen LogP contribution in [0.3, 0.4) is 0 Å². The van der Waals surface area contributed by atoms with Crippen LogP contribution < -0.4 is 20.3 Å². The van der Waals surface area contributed by atoms with Gasteiger partial charge in [0.15, 0.2) is 0 Å². The van der Waals surface area contributed by atoms with Gasteiger partial charge in [0.25, 0.3) is 5.91 Å². The molecule has 0 saturated carbocycles. The van der Waals surface area contributed by atoms with Gasteiger partial charge in [-0.15, -0.1) is 11.8 Å². The van der Waals surface area contributed by atoms with Crippen LogP contribution in [0, 0.1) is 0 Å². The van der Waals surface area contributed by atoms with E-state index in [-0.39, 0.29) is 24.4 Å². The fraction of sp³-hybridized carbons (Fsp3) is 0.400. The Morgan fingerprint density at radius 1 is 1.15 bits per heavy atom. The molecule has 2 aliphatic rings. The number of carbonyl (C=O) groups excluding carboxylic acids is 3. The molecular weight excluding hydrogens is 452 g/mol. The second kappa shape index (κ2) is 10.8. The maximum Gasteiger partial charge on any atom is 0.319 e. The van der Waals surface area contributed by atoms with E-state index >= 15 is 0 Å². The monoisotopic (exact) mass is 482 g/mol. The van der Waals surface area contributed by atoms with E-state index in [1.807, 2.05) is 29.2 Å². The zero-order valence-corrected chi connectivity index (χ0v) is 20.3. The smallest absolute Gasteiger partial charge is 0.319 e. The van der Waals surface area contributed by atoms with E-state index < -0.39 is 12.1 Å². The van der Waals surface area contributed by atoms with Crippen LogP contribution in [0.15, 0.2) is 53.4 Å². The van der Waals surface area contributed by atoms with Gasteiger partial charge < -0.3 is 25.2 Å². The first kappa shape index (κ1) is 23.9. The molecule has 2 heterocycles. The van der Waals surface area contributed by atoms with Crippen molar-refractivity contribution in [3.05, 3.63) is 48.5 Å². The van der Waals surface area contributed by atoms with E-state index in [9.17, 15) is 14.4 Å². The van der Waals surface area contributed by atoms with Crippen molar-refractivity contribution in [1.29, 1.82) is 0 Å². The predicted octanol–water partition coefficient (Wildman–Crippen LogP) is 3.73. The first-order valence-corrected chi connectivity index (χ1v) is 12.5. The number of nitrogens with one attached hydrogen (secondary N) is 2. The molecule has 180 valence electrons. The molecule has 1 fully saturated rings. The topological polar surface area (TPSA) is 91.0 Å². The minimum Gasteiger partial charge on any atom is -0.497 e. The number of amides is 4. The van der Waals surface area contributed by atoms with Gasteiger partial charge in [0.1, 0.15) is 18.3 Å². The number of carbonyl (C=O) groups is 3. The number of urea groups is 1. The van der Waals surface area contributed by atoms with E-state index in [4.69, 9.17) is 4.74 Å². The number of benzene rings is 2. The number of nitrogens with zero attached hydrogens (tertiary/aromatic N) is 2. The van der Waals surface area contributed by atoms with E-state index in [0.29, 0.717) is 29.4 Å². The van der Waals surface area contributed by atoms with Crippen molar-refractivity contribution in [1.82, 2.24) is 10.2 Å². The van der Waals surface area contributed by atoms with Gasteiger partial charge in [0, 0.05) is 35.0 Å². The summed E-state index contributed by atoms with van der Waals surface area (Å²) in [5.41, 5.74) is 1.26.